The molecule has 0 N–H and O–H groups in total. The van der Waals surface area contributed by atoms with Gasteiger partial charge in [-0.3, -0.25) is 4.99 Å². The summed E-state index contributed by atoms with van der Waals surface area (Å²) in [6.07, 6.45) is 1.86. The molecule has 4 rings (SSSR count). The number of hydrogen-bond donors (Lipinski definition) is 0. The molecule has 0 amide bonds. The molecule has 1 heterocycles. The van der Waals surface area contributed by atoms with E-state index in [1.807, 2.05) is 60.8 Å². The molecule has 3 aromatic carbocycles. The summed E-state index contributed by atoms with van der Waals surface area (Å²) in [7, 11) is 0. The van der Waals surface area contributed by atoms with Gasteiger partial charge in [0.2, 0.25) is 5.89 Å². The van der Waals surface area contributed by atoms with Gasteiger partial charge in [-0.2, -0.15) is 0 Å². The van der Waals surface area contributed by atoms with Gasteiger partial charge in [-0.1, -0.05) is 12.1 Å². The Balaban J connectivity index is 1.65. The molecule has 25 heavy (non-hydrogen) atoms. The first-order chi connectivity index (χ1) is 12.2. The van der Waals surface area contributed by atoms with Crippen LogP contribution in [0, 0.1) is 7.14 Å². The molecule has 5 heteroatoms. The van der Waals surface area contributed by atoms with Crippen LogP contribution in [-0.2, 0) is 0 Å². The first kappa shape index (κ1) is 16.7. The maximum atomic E-state index is 5.86. The Morgan fingerprint density at radius 2 is 1.72 bits per heavy atom. The predicted octanol–water partition coefficient (Wildman–Crippen LogP) is 6.45. The lowest BCUT2D eigenvalue weighted by Gasteiger charge is -1.95. The van der Waals surface area contributed by atoms with Crippen LogP contribution in [0.5, 0.6) is 0 Å². The Bertz CT molecular complexity index is 1070. The van der Waals surface area contributed by atoms with Crippen molar-refractivity contribution < 1.29 is 4.42 Å². The van der Waals surface area contributed by atoms with Crippen molar-refractivity contribution in [2.75, 3.05) is 0 Å². The van der Waals surface area contributed by atoms with Crippen LogP contribution < -0.4 is 0 Å². The topological polar surface area (TPSA) is 38.4 Å². The van der Waals surface area contributed by atoms with Crippen molar-refractivity contribution in [2.45, 2.75) is 0 Å². The van der Waals surface area contributed by atoms with Crippen LogP contribution in [0.25, 0.3) is 22.6 Å². The Hall–Kier alpha value is -1.74. The normalized spacial score (nSPS) is 11.4. The molecule has 0 radical (unpaired) electrons. The maximum Gasteiger partial charge on any atom is 0.227 e. The van der Waals surface area contributed by atoms with E-state index in [9.17, 15) is 0 Å². The number of aliphatic imine (C=N–C) groups is 1. The highest BCUT2D eigenvalue weighted by atomic mass is 127. The highest BCUT2D eigenvalue weighted by Gasteiger charge is 2.08. The van der Waals surface area contributed by atoms with E-state index in [2.05, 4.69) is 67.3 Å². The number of aromatic nitrogens is 1. The van der Waals surface area contributed by atoms with Crippen LogP contribution in [-0.4, -0.2) is 11.2 Å². The minimum atomic E-state index is 0.630. The molecule has 1 aromatic heterocycles. The Kier molecular flexibility index (Phi) is 4.85. The standard InChI is InChI=1S/C20H12I2N2O/c21-15-6-4-14(5-7-15)20-24-18-11-17(8-9-19(18)25-20)23-12-13-2-1-3-16(22)10-13/h1-12H. The van der Waals surface area contributed by atoms with Crippen molar-refractivity contribution >= 4 is 68.2 Å². The second-order valence-electron chi connectivity index (χ2n) is 5.49. The summed E-state index contributed by atoms with van der Waals surface area (Å²) in [4.78, 5) is 9.15. The van der Waals surface area contributed by atoms with Crippen molar-refractivity contribution in [1.82, 2.24) is 4.98 Å². The summed E-state index contributed by atoms with van der Waals surface area (Å²) in [6, 6.07) is 22.1. The molecule has 4 aromatic rings. The van der Waals surface area contributed by atoms with Crippen LogP contribution in [0.1, 0.15) is 5.56 Å². The van der Waals surface area contributed by atoms with Crippen molar-refractivity contribution in [3.05, 3.63) is 79.4 Å². The molecular formula is C20H12I2N2O. The Labute approximate surface area is 172 Å². The van der Waals surface area contributed by atoms with Crippen molar-refractivity contribution in [3.8, 4) is 11.5 Å². The monoisotopic (exact) mass is 550 g/mol. The molecule has 0 aliphatic carbocycles. The lowest BCUT2D eigenvalue weighted by atomic mass is 10.2. The minimum Gasteiger partial charge on any atom is -0.436 e. The molecule has 0 aliphatic heterocycles. The quantitative estimate of drug-likeness (QED) is 0.217. The number of benzene rings is 3. The lowest BCUT2D eigenvalue weighted by molar-refractivity contribution is 0.620. The van der Waals surface area contributed by atoms with Gasteiger partial charge in [0.1, 0.15) is 5.52 Å². The van der Waals surface area contributed by atoms with Gasteiger partial charge < -0.3 is 4.42 Å². The fourth-order valence-electron chi connectivity index (χ4n) is 2.45. The Morgan fingerprint density at radius 1 is 0.880 bits per heavy atom. The molecule has 122 valence electrons. The largest absolute Gasteiger partial charge is 0.436 e. The minimum absolute atomic E-state index is 0.630. The first-order valence-corrected chi connectivity index (χ1v) is 9.79. The fraction of sp³-hybridized carbons (Fsp3) is 0. The Morgan fingerprint density at radius 3 is 2.52 bits per heavy atom. The predicted molar refractivity (Wildman–Crippen MR) is 119 cm³/mol. The highest BCUT2D eigenvalue weighted by molar-refractivity contribution is 14.1. The summed E-state index contributed by atoms with van der Waals surface area (Å²) in [6.45, 7) is 0. The van der Waals surface area contributed by atoms with E-state index in [0.717, 1.165) is 27.9 Å². The van der Waals surface area contributed by atoms with Crippen molar-refractivity contribution in [3.63, 3.8) is 0 Å². The highest BCUT2D eigenvalue weighted by Crippen LogP contribution is 2.27. The summed E-state index contributed by atoms with van der Waals surface area (Å²) < 4.78 is 8.24. The zero-order chi connectivity index (χ0) is 17.2. The number of nitrogens with zero attached hydrogens (tertiary/aromatic N) is 2. The molecule has 0 fully saturated rings. The van der Waals surface area contributed by atoms with E-state index < -0.39 is 0 Å². The van der Waals surface area contributed by atoms with Gasteiger partial charge in [0.05, 0.1) is 5.69 Å². The van der Waals surface area contributed by atoms with Gasteiger partial charge in [-0.15, -0.1) is 0 Å². The van der Waals surface area contributed by atoms with Crippen molar-refractivity contribution in [1.29, 1.82) is 0 Å². The second-order valence-corrected chi connectivity index (χ2v) is 7.98. The second kappa shape index (κ2) is 7.25. The zero-order valence-electron chi connectivity index (χ0n) is 13.0. The van der Waals surface area contributed by atoms with Crippen LogP contribution in [0.3, 0.4) is 0 Å². The third-order valence-corrected chi connectivity index (χ3v) is 5.06. The number of halogens is 2. The summed E-state index contributed by atoms with van der Waals surface area (Å²) in [5, 5.41) is 0. The van der Waals surface area contributed by atoms with E-state index in [-0.39, 0.29) is 0 Å². The number of oxazole rings is 1. The van der Waals surface area contributed by atoms with Crippen LogP contribution in [0.4, 0.5) is 5.69 Å². The molecular weight excluding hydrogens is 538 g/mol. The smallest absolute Gasteiger partial charge is 0.227 e. The molecule has 0 saturated carbocycles. The van der Waals surface area contributed by atoms with E-state index >= 15 is 0 Å². The lowest BCUT2D eigenvalue weighted by Crippen LogP contribution is -1.81. The average molecular weight is 550 g/mol. The van der Waals surface area contributed by atoms with E-state index in [1.165, 1.54) is 7.14 Å². The van der Waals surface area contributed by atoms with E-state index in [4.69, 9.17) is 4.42 Å². The number of rotatable bonds is 3. The molecule has 0 atom stereocenters. The van der Waals surface area contributed by atoms with Crippen LogP contribution in [0.2, 0.25) is 0 Å². The van der Waals surface area contributed by atoms with Gasteiger partial charge in [0.15, 0.2) is 5.58 Å². The average Bonchev–Trinajstić information content (AvgIpc) is 3.04. The molecule has 3 nitrogen and oxygen atoms in total. The van der Waals surface area contributed by atoms with Gasteiger partial charge >= 0.3 is 0 Å². The number of fused-ring (bicyclic) bond motifs is 1. The molecule has 0 saturated heterocycles. The number of hydrogen-bond acceptors (Lipinski definition) is 3. The zero-order valence-corrected chi connectivity index (χ0v) is 17.3. The van der Waals surface area contributed by atoms with Crippen molar-refractivity contribution in [2.24, 2.45) is 4.99 Å². The van der Waals surface area contributed by atoms with Gasteiger partial charge in [-0.25, -0.2) is 4.98 Å². The maximum absolute atomic E-state index is 5.86. The van der Waals surface area contributed by atoms with Gasteiger partial charge in [0, 0.05) is 18.9 Å². The molecule has 0 aliphatic rings. The summed E-state index contributed by atoms with van der Waals surface area (Å²) in [5.41, 5.74) is 4.48. The third-order valence-electron chi connectivity index (χ3n) is 3.67. The fourth-order valence-corrected chi connectivity index (χ4v) is 3.37. The molecule has 0 unspecified atom stereocenters. The SMILES string of the molecule is Ic1ccc(-c2nc3cc(N=Cc4cccc(I)c4)ccc3o2)cc1. The first-order valence-electron chi connectivity index (χ1n) is 7.63. The molecule has 0 spiro atoms. The van der Waals surface area contributed by atoms with E-state index in [0.29, 0.717) is 5.89 Å². The summed E-state index contributed by atoms with van der Waals surface area (Å²) >= 11 is 4.58. The van der Waals surface area contributed by atoms with Gasteiger partial charge in [0.25, 0.3) is 0 Å². The summed E-state index contributed by atoms with van der Waals surface area (Å²) in [5.74, 6) is 0.630. The van der Waals surface area contributed by atoms with Gasteiger partial charge in [-0.05, 0) is 105 Å². The van der Waals surface area contributed by atoms with Crippen LogP contribution >= 0.6 is 45.2 Å². The third kappa shape index (κ3) is 3.92. The van der Waals surface area contributed by atoms with E-state index in [1.54, 1.807) is 0 Å². The van der Waals surface area contributed by atoms with Crippen LogP contribution in [0.15, 0.2) is 76.1 Å². The molecule has 0 bridgehead atoms.